The van der Waals surface area contributed by atoms with Gasteiger partial charge in [0, 0.05) is 22.8 Å². The number of fused-ring (bicyclic) bond motifs is 1. The first-order valence-electron chi connectivity index (χ1n) is 9.61. The van der Waals surface area contributed by atoms with Crippen molar-refractivity contribution in [2.75, 3.05) is 13.1 Å². The molecule has 2 aromatic carbocycles. The lowest BCUT2D eigenvalue weighted by molar-refractivity contribution is 0.0232. The number of rotatable bonds is 4. The largest absolute Gasteiger partial charge is 0.484 e. The summed E-state index contributed by atoms with van der Waals surface area (Å²) in [5, 5.41) is 10.2. The number of amides is 1. The molecule has 4 aromatic rings. The van der Waals surface area contributed by atoms with Crippen LogP contribution in [-0.4, -0.2) is 44.8 Å². The molecule has 1 aliphatic rings. The van der Waals surface area contributed by atoms with Gasteiger partial charge >= 0.3 is 6.09 Å². The van der Waals surface area contributed by atoms with Crippen LogP contribution in [0.2, 0.25) is 5.02 Å². The predicted molar refractivity (Wildman–Crippen MR) is 120 cm³/mol. The maximum Gasteiger partial charge on any atom is 0.407 e. The zero-order valence-electron chi connectivity index (χ0n) is 16.4. The molecule has 1 amide bonds. The van der Waals surface area contributed by atoms with Crippen molar-refractivity contribution in [2.24, 2.45) is 0 Å². The minimum Gasteiger partial charge on any atom is -0.484 e. The molecule has 0 radical (unpaired) electrons. The van der Waals surface area contributed by atoms with E-state index in [9.17, 15) is 14.0 Å². The summed E-state index contributed by atoms with van der Waals surface area (Å²) in [4.78, 5) is 29.6. The maximum absolute atomic E-state index is 14.6. The average Bonchev–Trinajstić information content (AvgIpc) is 3.17. The average molecular weight is 472 g/mol. The van der Waals surface area contributed by atoms with E-state index in [-0.39, 0.29) is 24.4 Å². The van der Waals surface area contributed by atoms with E-state index in [1.807, 2.05) is 12.1 Å². The van der Waals surface area contributed by atoms with Crippen molar-refractivity contribution in [3.8, 4) is 22.0 Å². The number of likely N-dealkylation sites (tertiary alicyclic amines) is 1. The number of hydrogen-bond donors (Lipinski definition) is 1. The van der Waals surface area contributed by atoms with Crippen molar-refractivity contribution in [1.29, 1.82) is 0 Å². The monoisotopic (exact) mass is 471 g/mol. The zero-order valence-corrected chi connectivity index (χ0v) is 17.9. The van der Waals surface area contributed by atoms with Gasteiger partial charge < -0.3 is 14.7 Å². The molecule has 0 saturated carbocycles. The summed E-state index contributed by atoms with van der Waals surface area (Å²) in [6.45, 7) is 0.377. The smallest absolute Gasteiger partial charge is 0.407 e. The Kier molecular flexibility index (Phi) is 5.07. The van der Waals surface area contributed by atoms with E-state index in [4.69, 9.17) is 21.4 Å². The molecule has 1 fully saturated rings. The SMILES string of the molecule is O=C(O)N1CC(Oc2ccc(-n3ccc4nc(-c5ccc(Cl)cc5)sc4c3=O)cc2F)C1. The van der Waals surface area contributed by atoms with Crippen LogP contribution < -0.4 is 10.3 Å². The van der Waals surface area contributed by atoms with E-state index in [0.29, 0.717) is 25.9 Å². The molecule has 0 aliphatic carbocycles. The lowest BCUT2D eigenvalue weighted by Crippen LogP contribution is -2.55. The summed E-state index contributed by atoms with van der Waals surface area (Å²) in [6.07, 6.45) is 0.133. The number of thiazole rings is 1. The number of nitrogens with zero attached hydrogens (tertiary/aromatic N) is 3. The third-order valence-electron chi connectivity index (χ3n) is 5.14. The Morgan fingerprint density at radius 3 is 2.62 bits per heavy atom. The molecule has 0 unspecified atom stereocenters. The van der Waals surface area contributed by atoms with Crippen LogP contribution in [0.15, 0.2) is 59.5 Å². The van der Waals surface area contributed by atoms with Gasteiger partial charge in [-0.05, 0) is 30.3 Å². The van der Waals surface area contributed by atoms with Crippen LogP contribution in [0.1, 0.15) is 0 Å². The van der Waals surface area contributed by atoms with E-state index >= 15 is 0 Å². The normalized spacial score (nSPS) is 13.9. The Morgan fingerprint density at radius 2 is 1.94 bits per heavy atom. The van der Waals surface area contributed by atoms with Crippen LogP contribution in [0, 0.1) is 5.82 Å². The summed E-state index contributed by atoms with van der Waals surface area (Å²) < 4.78 is 22.0. The Bertz CT molecular complexity index is 1400. The van der Waals surface area contributed by atoms with Gasteiger partial charge in [0.25, 0.3) is 5.56 Å². The molecule has 1 saturated heterocycles. The molecule has 7 nitrogen and oxygen atoms in total. The van der Waals surface area contributed by atoms with Gasteiger partial charge in [-0.2, -0.15) is 0 Å². The number of ether oxygens (including phenoxy) is 1. The Balaban J connectivity index is 1.42. The Hall–Kier alpha value is -3.43. The summed E-state index contributed by atoms with van der Waals surface area (Å²) in [7, 11) is 0. The van der Waals surface area contributed by atoms with E-state index in [0.717, 1.165) is 5.56 Å². The first-order valence-corrected chi connectivity index (χ1v) is 10.8. The van der Waals surface area contributed by atoms with Gasteiger partial charge in [-0.3, -0.25) is 9.36 Å². The van der Waals surface area contributed by atoms with Crippen LogP contribution in [0.3, 0.4) is 0 Å². The fourth-order valence-corrected chi connectivity index (χ4v) is 4.54. The van der Waals surface area contributed by atoms with Crippen LogP contribution in [0.5, 0.6) is 5.75 Å². The van der Waals surface area contributed by atoms with Crippen molar-refractivity contribution in [2.45, 2.75) is 6.10 Å². The number of aromatic nitrogens is 2. The van der Waals surface area contributed by atoms with Crippen LogP contribution in [0.25, 0.3) is 26.5 Å². The summed E-state index contributed by atoms with van der Waals surface area (Å²) >= 11 is 7.20. The van der Waals surface area contributed by atoms with Crippen molar-refractivity contribution >= 4 is 39.2 Å². The summed E-state index contributed by atoms with van der Waals surface area (Å²) in [5.41, 5.74) is 1.47. The van der Waals surface area contributed by atoms with Crippen molar-refractivity contribution in [3.63, 3.8) is 0 Å². The third kappa shape index (κ3) is 3.69. The van der Waals surface area contributed by atoms with Gasteiger partial charge in [0.15, 0.2) is 11.6 Å². The molecule has 2 aromatic heterocycles. The molecule has 3 heterocycles. The fraction of sp³-hybridized carbons (Fsp3) is 0.136. The lowest BCUT2D eigenvalue weighted by atomic mass is 10.2. The van der Waals surface area contributed by atoms with Gasteiger partial charge in [-0.1, -0.05) is 23.7 Å². The van der Waals surface area contributed by atoms with Gasteiger partial charge in [0.05, 0.1) is 24.3 Å². The molecule has 0 bridgehead atoms. The number of hydrogen-bond acceptors (Lipinski definition) is 5. The molecular formula is C22H15ClFN3O4S. The number of carbonyl (C=O) groups is 1. The molecule has 1 aliphatic heterocycles. The number of halogens is 2. The maximum atomic E-state index is 14.6. The van der Waals surface area contributed by atoms with Crippen molar-refractivity contribution in [3.05, 3.63) is 75.9 Å². The van der Waals surface area contributed by atoms with Crippen LogP contribution in [0.4, 0.5) is 9.18 Å². The van der Waals surface area contributed by atoms with E-state index in [2.05, 4.69) is 4.98 Å². The topological polar surface area (TPSA) is 84.7 Å². The molecule has 162 valence electrons. The zero-order chi connectivity index (χ0) is 22.4. The highest BCUT2D eigenvalue weighted by Crippen LogP contribution is 2.30. The molecule has 5 rings (SSSR count). The highest BCUT2D eigenvalue weighted by atomic mass is 35.5. The molecule has 10 heteroatoms. The van der Waals surface area contributed by atoms with Crippen LogP contribution >= 0.6 is 22.9 Å². The van der Waals surface area contributed by atoms with Gasteiger partial charge in [-0.15, -0.1) is 11.3 Å². The number of carboxylic acid groups (broad SMARTS) is 1. The Labute approximate surface area is 189 Å². The first-order chi connectivity index (χ1) is 15.4. The van der Waals surface area contributed by atoms with Gasteiger partial charge in [0.2, 0.25) is 0 Å². The fourth-order valence-electron chi connectivity index (χ4n) is 3.42. The minimum atomic E-state index is -1.03. The van der Waals surface area contributed by atoms with Gasteiger partial charge in [-0.25, -0.2) is 14.2 Å². The highest BCUT2D eigenvalue weighted by molar-refractivity contribution is 7.21. The second-order valence-corrected chi connectivity index (χ2v) is 8.71. The van der Waals surface area contributed by atoms with E-state index in [1.54, 1.807) is 30.5 Å². The van der Waals surface area contributed by atoms with Gasteiger partial charge in [0.1, 0.15) is 15.8 Å². The van der Waals surface area contributed by atoms with Crippen molar-refractivity contribution < 1.29 is 19.0 Å². The molecule has 1 N–H and O–H groups in total. The number of pyridine rings is 1. The standard InChI is InChI=1S/C22H15ClFN3O4S/c23-13-3-1-12(2-4-13)20-25-17-7-8-27(21(28)19(17)32-20)14-5-6-18(16(24)9-14)31-15-10-26(11-15)22(29)30/h1-9,15H,10-11H2,(H,29,30). The predicted octanol–water partition coefficient (Wildman–Crippen LogP) is 4.65. The Morgan fingerprint density at radius 1 is 1.19 bits per heavy atom. The molecular weight excluding hydrogens is 457 g/mol. The molecule has 32 heavy (non-hydrogen) atoms. The summed E-state index contributed by atoms with van der Waals surface area (Å²) in [6, 6.07) is 13.2. The molecule has 0 atom stereocenters. The van der Waals surface area contributed by atoms with Crippen molar-refractivity contribution in [1.82, 2.24) is 14.5 Å². The minimum absolute atomic E-state index is 0.0146. The van der Waals surface area contributed by atoms with E-state index in [1.165, 1.54) is 32.9 Å². The summed E-state index contributed by atoms with van der Waals surface area (Å²) in [5.74, 6) is -0.616. The van der Waals surface area contributed by atoms with Crippen LogP contribution in [-0.2, 0) is 0 Å². The number of benzene rings is 2. The molecule has 0 spiro atoms. The second-order valence-electron chi connectivity index (χ2n) is 7.27. The first kappa shape index (κ1) is 20.5. The third-order valence-corrected chi connectivity index (χ3v) is 6.51. The lowest BCUT2D eigenvalue weighted by Gasteiger charge is -2.36. The highest BCUT2D eigenvalue weighted by Gasteiger charge is 2.32. The van der Waals surface area contributed by atoms with E-state index < -0.39 is 18.0 Å². The quantitative estimate of drug-likeness (QED) is 0.468. The second kappa shape index (κ2) is 7.92.